The average Bonchev–Trinajstić information content (AvgIpc) is 2.54. The number of hydrazone groups is 1. The molecule has 0 aromatic heterocycles. The van der Waals surface area contributed by atoms with Gasteiger partial charge >= 0.3 is 0 Å². The molecule has 0 aliphatic carbocycles. The Hall–Kier alpha value is -3.02. The lowest BCUT2D eigenvalue weighted by Gasteiger charge is -2.04. The fraction of sp³-hybridized carbons (Fsp3) is 0.125. The summed E-state index contributed by atoms with van der Waals surface area (Å²) in [6.45, 7) is -0.130. The smallest absolute Gasteiger partial charge is 0.277 e. The van der Waals surface area contributed by atoms with E-state index in [1.807, 2.05) is 18.2 Å². The van der Waals surface area contributed by atoms with E-state index in [2.05, 4.69) is 10.5 Å². The predicted octanol–water partition coefficient (Wildman–Crippen LogP) is 1.93. The lowest BCUT2D eigenvalue weighted by atomic mass is 10.2. The number of carbonyl (C=O) groups excluding carboxylic acids is 1. The zero-order chi connectivity index (χ0) is 15.8. The van der Waals surface area contributed by atoms with Crippen LogP contribution < -0.4 is 14.9 Å². The summed E-state index contributed by atoms with van der Waals surface area (Å²) in [5.41, 5.74) is 2.97. The molecular weight excluding hydrogens is 284 g/mol. The normalized spacial score (nSPS) is 10.4. The van der Waals surface area contributed by atoms with Crippen LogP contribution in [0.5, 0.6) is 17.2 Å². The number of ether oxygens (including phenoxy) is 2. The molecule has 0 atom stereocenters. The second-order valence-corrected chi connectivity index (χ2v) is 4.33. The molecule has 0 radical (unpaired) electrons. The minimum absolute atomic E-state index is 0.00480. The first-order chi connectivity index (χ1) is 10.7. The number of nitrogens with zero attached hydrogens (tertiary/aromatic N) is 1. The molecule has 6 nitrogen and oxygen atoms in total. The van der Waals surface area contributed by atoms with Crippen molar-refractivity contribution in [1.82, 2.24) is 5.43 Å². The van der Waals surface area contributed by atoms with Crippen molar-refractivity contribution in [2.24, 2.45) is 5.10 Å². The van der Waals surface area contributed by atoms with Gasteiger partial charge in [-0.3, -0.25) is 4.79 Å². The van der Waals surface area contributed by atoms with Gasteiger partial charge < -0.3 is 14.6 Å². The maximum atomic E-state index is 11.6. The number of phenolic OH excluding ortho intramolecular Hbond substituents is 1. The first-order valence-corrected chi connectivity index (χ1v) is 6.56. The fourth-order valence-electron chi connectivity index (χ4n) is 1.66. The van der Waals surface area contributed by atoms with Crippen LogP contribution in [-0.4, -0.2) is 30.9 Å². The van der Waals surface area contributed by atoms with E-state index in [1.165, 1.54) is 19.4 Å². The zero-order valence-corrected chi connectivity index (χ0v) is 12.0. The average molecular weight is 300 g/mol. The Labute approximate surface area is 128 Å². The van der Waals surface area contributed by atoms with Gasteiger partial charge in [0.05, 0.1) is 13.3 Å². The first kappa shape index (κ1) is 15.4. The van der Waals surface area contributed by atoms with E-state index in [-0.39, 0.29) is 18.3 Å². The van der Waals surface area contributed by atoms with Crippen molar-refractivity contribution in [3.05, 3.63) is 54.1 Å². The molecule has 2 aromatic carbocycles. The van der Waals surface area contributed by atoms with Gasteiger partial charge in [0.15, 0.2) is 18.1 Å². The number of nitrogens with one attached hydrogen (secondary N) is 1. The molecule has 0 spiro atoms. The van der Waals surface area contributed by atoms with Gasteiger partial charge in [0, 0.05) is 0 Å². The van der Waals surface area contributed by atoms with E-state index in [1.54, 1.807) is 24.3 Å². The number of hydrogen-bond acceptors (Lipinski definition) is 5. The number of aromatic hydroxyl groups is 1. The molecule has 0 aliphatic rings. The summed E-state index contributed by atoms with van der Waals surface area (Å²) in [5, 5.41) is 13.4. The Kier molecular flexibility index (Phi) is 5.37. The predicted molar refractivity (Wildman–Crippen MR) is 82.3 cm³/mol. The minimum Gasteiger partial charge on any atom is -0.504 e. The summed E-state index contributed by atoms with van der Waals surface area (Å²) in [6, 6.07) is 13.8. The summed E-state index contributed by atoms with van der Waals surface area (Å²) in [6.07, 6.45) is 1.42. The number of phenols is 1. The van der Waals surface area contributed by atoms with Crippen LogP contribution in [0.4, 0.5) is 0 Å². The van der Waals surface area contributed by atoms with E-state index >= 15 is 0 Å². The van der Waals surface area contributed by atoms with Crippen molar-refractivity contribution in [2.45, 2.75) is 0 Å². The van der Waals surface area contributed by atoms with E-state index in [4.69, 9.17) is 9.47 Å². The largest absolute Gasteiger partial charge is 0.504 e. The molecule has 0 bridgehead atoms. The highest BCUT2D eigenvalue weighted by atomic mass is 16.5. The summed E-state index contributed by atoms with van der Waals surface area (Å²) in [5.74, 6) is 0.613. The third kappa shape index (κ3) is 4.52. The van der Waals surface area contributed by atoms with Crippen molar-refractivity contribution < 1.29 is 19.4 Å². The van der Waals surface area contributed by atoms with Crippen LogP contribution in [0.1, 0.15) is 5.56 Å². The van der Waals surface area contributed by atoms with Gasteiger partial charge in [0.2, 0.25) is 0 Å². The van der Waals surface area contributed by atoms with E-state index in [0.717, 1.165) is 0 Å². The SMILES string of the molecule is COc1ccc(C=NNC(=O)COc2ccccc2)cc1O. The first-order valence-electron chi connectivity index (χ1n) is 6.56. The zero-order valence-electron chi connectivity index (χ0n) is 12.0. The third-order valence-electron chi connectivity index (χ3n) is 2.72. The summed E-state index contributed by atoms with van der Waals surface area (Å²) >= 11 is 0. The minimum atomic E-state index is -0.377. The molecular formula is C16H16N2O4. The summed E-state index contributed by atoms with van der Waals surface area (Å²) in [7, 11) is 1.47. The lowest BCUT2D eigenvalue weighted by molar-refractivity contribution is -0.123. The van der Waals surface area contributed by atoms with Crippen LogP contribution in [-0.2, 0) is 4.79 Å². The molecule has 114 valence electrons. The molecule has 6 heteroatoms. The number of rotatable bonds is 6. The molecule has 2 rings (SSSR count). The monoisotopic (exact) mass is 300 g/mol. The van der Waals surface area contributed by atoms with Gasteiger partial charge in [0.25, 0.3) is 5.91 Å². The molecule has 0 saturated heterocycles. The van der Waals surface area contributed by atoms with Gasteiger partial charge in [-0.25, -0.2) is 5.43 Å². The third-order valence-corrected chi connectivity index (χ3v) is 2.72. The number of amides is 1. The van der Waals surface area contributed by atoms with Crippen molar-refractivity contribution in [1.29, 1.82) is 0 Å². The highest BCUT2D eigenvalue weighted by molar-refractivity contribution is 5.83. The molecule has 2 aromatic rings. The molecule has 0 heterocycles. The van der Waals surface area contributed by atoms with Crippen LogP contribution in [0.2, 0.25) is 0 Å². The molecule has 0 unspecified atom stereocenters. The quantitative estimate of drug-likeness (QED) is 0.631. The Morgan fingerprint density at radius 2 is 2.05 bits per heavy atom. The Bertz CT molecular complexity index is 656. The van der Waals surface area contributed by atoms with E-state index in [9.17, 15) is 9.90 Å². The van der Waals surface area contributed by atoms with E-state index in [0.29, 0.717) is 17.1 Å². The molecule has 1 amide bonds. The fourth-order valence-corrected chi connectivity index (χ4v) is 1.66. The van der Waals surface area contributed by atoms with Crippen LogP contribution in [0, 0.1) is 0 Å². The maximum absolute atomic E-state index is 11.6. The Morgan fingerprint density at radius 1 is 1.27 bits per heavy atom. The van der Waals surface area contributed by atoms with Crippen LogP contribution in [0.25, 0.3) is 0 Å². The second kappa shape index (κ2) is 7.68. The van der Waals surface area contributed by atoms with Crippen LogP contribution in [0.3, 0.4) is 0 Å². The summed E-state index contributed by atoms with van der Waals surface area (Å²) in [4.78, 5) is 11.6. The lowest BCUT2D eigenvalue weighted by Crippen LogP contribution is -2.24. The van der Waals surface area contributed by atoms with Crippen molar-refractivity contribution >= 4 is 12.1 Å². The summed E-state index contributed by atoms with van der Waals surface area (Å²) < 4.78 is 10.2. The van der Waals surface area contributed by atoms with Gasteiger partial charge in [-0.15, -0.1) is 0 Å². The highest BCUT2D eigenvalue weighted by Crippen LogP contribution is 2.25. The van der Waals surface area contributed by atoms with Crippen LogP contribution >= 0.6 is 0 Å². The van der Waals surface area contributed by atoms with Crippen molar-refractivity contribution in [2.75, 3.05) is 13.7 Å². The molecule has 2 N–H and O–H groups in total. The molecule has 22 heavy (non-hydrogen) atoms. The Balaban J connectivity index is 1.81. The highest BCUT2D eigenvalue weighted by Gasteiger charge is 2.02. The van der Waals surface area contributed by atoms with Gasteiger partial charge in [-0.05, 0) is 35.9 Å². The van der Waals surface area contributed by atoms with E-state index < -0.39 is 0 Å². The Morgan fingerprint density at radius 3 is 2.73 bits per heavy atom. The van der Waals surface area contributed by atoms with Gasteiger partial charge in [-0.2, -0.15) is 5.10 Å². The molecule has 0 saturated carbocycles. The van der Waals surface area contributed by atoms with Crippen molar-refractivity contribution in [3.8, 4) is 17.2 Å². The number of hydrogen-bond donors (Lipinski definition) is 2. The molecule has 0 fully saturated rings. The maximum Gasteiger partial charge on any atom is 0.277 e. The number of carbonyl (C=O) groups is 1. The second-order valence-electron chi connectivity index (χ2n) is 4.33. The van der Waals surface area contributed by atoms with Gasteiger partial charge in [0.1, 0.15) is 5.75 Å². The molecule has 0 aliphatic heterocycles. The number of para-hydroxylation sites is 1. The van der Waals surface area contributed by atoms with Gasteiger partial charge in [-0.1, -0.05) is 18.2 Å². The number of benzene rings is 2. The standard InChI is InChI=1S/C16H16N2O4/c1-21-15-8-7-12(9-14(15)19)10-17-18-16(20)11-22-13-5-3-2-4-6-13/h2-10,19H,11H2,1H3,(H,18,20). The topological polar surface area (TPSA) is 80.2 Å². The van der Waals surface area contributed by atoms with Crippen molar-refractivity contribution in [3.63, 3.8) is 0 Å². The van der Waals surface area contributed by atoms with Crippen LogP contribution in [0.15, 0.2) is 53.6 Å². The number of methoxy groups -OCH3 is 1.